The molecular weight excluding hydrogens is 341 g/mol. The third-order valence-corrected chi connectivity index (χ3v) is 3.43. The molecule has 0 unspecified atom stereocenters. The zero-order valence-corrected chi connectivity index (χ0v) is 13.1. The molecule has 0 radical (unpaired) electrons. The number of carbonyl (C=O) groups excluding carboxylic acids is 2. The van der Waals surface area contributed by atoms with Crippen molar-refractivity contribution in [3.05, 3.63) is 59.7 Å². The molecule has 0 heterocycles. The number of amides is 2. The van der Waals surface area contributed by atoms with Crippen molar-refractivity contribution in [3.8, 4) is 0 Å². The molecule has 2 aromatic rings. The maximum absolute atomic E-state index is 12.2. The summed E-state index contributed by atoms with van der Waals surface area (Å²) < 4.78 is 36.7. The summed E-state index contributed by atoms with van der Waals surface area (Å²) in [5.41, 5.74) is 0.931. The molecule has 0 saturated heterocycles. The predicted octanol–water partition coefficient (Wildman–Crippen LogP) is 3.41. The van der Waals surface area contributed by atoms with Crippen LogP contribution in [0.1, 0.15) is 15.9 Å². The quantitative estimate of drug-likeness (QED) is 0.737. The number of anilines is 1. The van der Waals surface area contributed by atoms with Gasteiger partial charge in [0, 0.05) is 17.1 Å². The summed E-state index contributed by atoms with van der Waals surface area (Å²) in [6.07, 6.45) is -4.96. The zero-order chi connectivity index (χ0) is 17.7. The highest BCUT2D eigenvalue weighted by Crippen LogP contribution is 2.19. The fourth-order valence-corrected chi connectivity index (χ4v) is 2.17. The van der Waals surface area contributed by atoms with Crippen LogP contribution in [0.15, 0.2) is 53.4 Å². The Labute approximate surface area is 141 Å². The second-order valence-electron chi connectivity index (χ2n) is 4.85. The summed E-state index contributed by atoms with van der Waals surface area (Å²) in [7, 11) is 0. The van der Waals surface area contributed by atoms with E-state index in [9.17, 15) is 22.8 Å². The SMILES string of the molecule is O=C(NCc1cccc(NC(=O)C(F)(F)F)c1)c1ccccc1S. The Kier molecular flexibility index (Phi) is 5.50. The molecule has 2 aromatic carbocycles. The molecule has 0 saturated carbocycles. The number of hydrogen-bond acceptors (Lipinski definition) is 3. The monoisotopic (exact) mass is 354 g/mol. The first-order valence-electron chi connectivity index (χ1n) is 6.80. The number of carbonyl (C=O) groups is 2. The van der Waals surface area contributed by atoms with E-state index in [2.05, 4.69) is 17.9 Å². The Bertz CT molecular complexity index is 763. The van der Waals surface area contributed by atoms with Crippen LogP contribution in [0.3, 0.4) is 0 Å². The highest BCUT2D eigenvalue weighted by molar-refractivity contribution is 7.80. The normalized spacial score (nSPS) is 11.0. The van der Waals surface area contributed by atoms with Crippen molar-refractivity contribution in [1.82, 2.24) is 5.32 Å². The van der Waals surface area contributed by atoms with Gasteiger partial charge in [-0.2, -0.15) is 13.2 Å². The van der Waals surface area contributed by atoms with Crippen LogP contribution in [0.2, 0.25) is 0 Å². The van der Waals surface area contributed by atoms with Gasteiger partial charge in [0.15, 0.2) is 0 Å². The smallest absolute Gasteiger partial charge is 0.348 e. The molecule has 0 aliphatic carbocycles. The van der Waals surface area contributed by atoms with Gasteiger partial charge in [-0.1, -0.05) is 24.3 Å². The van der Waals surface area contributed by atoms with Crippen molar-refractivity contribution < 1.29 is 22.8 Å². The fraction of sp³-hybridized carbons (Fsp3) is 0.125. The summed E-state index contributed by atoms with van der Waals surface area (Å²) in [6, 6.07) is 12.5. The van der Waals surface area contributed by atoms with Crippen LogP contribution in [0, 0.1) is 0 Å². The molecule has 0 bridgehead atoms. The van der Waals surface area contributed by atoms with Gasteiger partial charge in [-0.25, -0.2) is 0 Å². The summed E-state index contributed by atoms with van der Waals surface area (Å²) in [4.78, 5) is 23.5. The van der Waals surface area contributed by atoms with Crippen LogP contribution in [-0.2, 0) is 11.3 Å². The van der Waals surface area contributed by atoms with Crippen molar-refractivity contribution >= 4 is 30.1 Å². The highest BCUT2D eigenvalue weighted by Gasteiger charge is 2.38. The molecule has 2 N–H and O–H groups in total. The topological polar surface area (TPSA) is 58.2 Å². The third kappa shape index (κ3) is 4.76. The van der Waals surface area contributed by atoms with Crippen LogP contribution in [0.25, 0.3) is 0 Å². The standard InChI is InChI=1S/C16H13F3N2O2S/c17-16(18,19)15(23)21-11-5-3-4-10(8-11)9-20-14(22)12-6-1-2-7-13(12)24/h1-8,24H,9H2,(H,20,22)(H,21,23). The van der Waals surface area contributed by atoms with Crippen LogP contribution in [0.5, 0.6) is 0 Å². The maximum atomic E-state index is 12.2. The molecule has 2 rings (SSSR count). The number of benzene rings is 2. The average molecular weight is 354 g/mol. The second-order valence-corrected chi connectivity index (χ2v) is 5.33. The van der Waals surface area contributed by atoms with Gasteiger partial charge in [0.05, 0.1) is 5.56 Å². The van der Waals surface area contributed by atoms with E-state index in [0.29, 0.717) is 16.0 Å². The first-order valence-corrected chi connectivity index (χ1v) is 7.25. The fourth-order valence-electron chi connectivity index (χ4n) is 1.90. The molecule has 4 nitrogen and oxygen atoms in total. The molecule has 0 aromatic heterocycles. The number of rotatable bonds is 4. The minimum Gasteiger partial charge on any atom is -0.348 e. The van der Waals surface area contributed by atoms with Gasteiger partial charge >= 0.3 is 12.1 Å². The summed E-state index contributed by atoms with van der Waals surface area (Å²) in [6.45, 7) is 0.0939. The molecular formula is C16H13F3N2O2S. The number of alkyl halides is 3. The van der Waals surface area contributed by atoms with Crippen molar-refractivity contribution in [1.29, 1.82) is 0 Å². The Morgan fingerprint density at radius 1 is 1.04 bits per heavy atom. The van der Waals surface area contributed by atoms with Crippen LogP contribution >= 0.6 is 12.6 Å². The summed E-state index contributed by atoms with van der Waals surface area (Å²) >= 11 is 4.18. The number of thiol groups is 1. The molecule has 0 spiro atoms. The summed E-state index contributed by atoms with van der Waals surface area (Å²) in [5.74, 6) is -2.40. The Morgan fingerprint density at radius 3 is 2.42 bits per heavy atom. The van der Waals surface area contributed by atoms with Gasteiger partial charge in [0.2, 0.25) is 0 Å². The van der Waals surface area contributed by atoms with E-state index in [0.717, 1.165) is 0 Å². The van der Waals surface area contributed by atoms with Gasteiger partial charge in [-0.05, 0) is 29.8 Å². The van der Waals surface area contributed by atoms with Crippen molar-refractivity contribution in [2.45, 2.75) is 17.6 Å². The van der Waals surface area contributed by atoms with Crippen molar-refractivity contribution in [2.24, 2.45) is 0 Å². The molecule has 126 valence electrons. The van der Waals surface area contributed by atoms with E-state index < -0.39 is 12.1 Å². The van der Waals surface area contributed by atoms with Gasteiger partial charge < -0.3 is 10.6 Å². The van der Waals surface area contributed by atoms with Gasteiger partial charge in [-0.15, -0.1) is 12.6 Å². The van der Waals surface area contributed by atoms with E-state index in [4.69, 9.17) is 0 Å². The summed E-state index contributed by atoms with van der Waals surface area (Å²) in [5, 5.41) is 4.41. The van der Waals surface area contributed by atoms with Crippen LogP contribution in [0.4, 0.5) is 18.9 Å². The van der Waals surface area contributed by atoms with Crippen LogP contribution < -0.4 is 10.6 Å². The van der Waals surface area contributed by atoms with Gasteiger partial charge in [0.25, 0.3) is 5.91 Å². The number of nitrogens with one attached hydrogen (secondary N) is 2. The van der Waals surface area contributed by atoms with E-state index in [1.165, 1.54) is 18.2 Å². The molecule has 2 amide bonds. The average Bonchev–Trinajstić information content (AvgIpc) is 2.52. The van der Waals surface area contributed by atoms with Gasteiger partial charge in [0.1, 0.15) is 0 Å². The van der Waals surface area contributed by atoms with Crippen molar-refractivity contribution in [3.63, 3.8) is 0 Å². The first-order chi connectivity index (χ1) is 11.3. The van der Waals surface area contributed by atoms with E-state index in [1.807, 2.05) is 0 Å². The van der Waals surface area contributed by atoms with E-state index in [1.54, 1.807) is 35.6 Å². The maximum Gasteiger partial charge on any atom is 0.471 e. The zero-order valence-electron chi connectivity index (χ0n) is 12.2. The lowest BCUT2D eigenvalue weighted by molar-refractivity contribution is -0.167. The second kappa shape index (κ2) is 7.39. The third-order valence-electron chi connectivity index (χ3n) is 3.04. The lowest BCUT2D eigenvalue weighted by Crippen LogP contribution is -2.30. The lowest BCUT2D eigenvalue weighted by Gasteiger charge is -2.10. The molecule has 0 aliphatic heterocycles. The first kappa shape index (κ1) is 17.9. The molecule has 0 aliphatic rings. The minimum atomic E-state index is -4.96. The number of halogens is 3. The molecule has 0 atom stereocenters. The van der Waals surface area contributed by atoms with Crippen LogP contribution in [-0.4, -0.2) is 18.0 Å². The van der Waals surface area contributed by atoms with Crippen molar-refractivity contribution in [2.75, 3.05) is 5.32 Å². The molecule has 8 heteroatoms. The highest BCUT2D eigenvalue weighted by atomic mass is 32.1. The van der Waals surface area contributed by atoms with E-state index >= 15 is 0 Å². The van der Waals surface area contributed by atoms with Gasteiger partial charge in [-0.3, -0.25) is 9.59 Å². The predicted molar refractivity (Wildman–Crippen MR) is 86.0 cm³/mol. The molecule has 24 heavy (non-hydrogen) atoms. The van der Waals surface area contributed by atoms with E-state index in [-0.39, 0.29) is 18.1 Å². The lowest BCUT2D eigenvalue weighted by atomic mass is 10.1. The largest absolute Gasteiger partial charge is 0.471 e. The Morgan fingerprint density at radius 2 is 1.75 bits per heavy atom. The molecule has 0 fully saturated rings. The number of hydrogen-bond donors (Lipinski definition) is 3. The Hall–Kier alpha value is -2.48. The Balaban J connectivity index is 2.01. The minimum absolute atomic E-state index is 0.00123.